The smallest absolute Gasteiger partial charge is 0.258 e. The fourth-order valence-electron chi connectivity index (χ4n) is 5.24. The summed E-state index contributed by atoms with van der Waals surface area (Å²) in [4.78, 5) is 23.3. The molecular formula is C29H36N6O2. The number of ether oxygens (including phenoxy) is 1. The number of hydrogen-bond donors (Lipinski definition) is 1. The van der Waals surface area contributed by atoms with E-state index in [1.165, 1.54) is 5.56 Å². The molecule has 0 saturated carbocycles. The lowest BCUT2D eigenvalue weighted by molar-refractivity contribution is 0.102. The molecule has 8 heteroatoms. The first-order valence-corrected chi connectivity index (χ1v) is 13.1. The van der Waals surface area contributed by atoms with Crippen molar-refractivity contribution < 1.29 is 9.53 Å². The van der Waals surface area contributed by atoms with Crippen molar-refractivity contribution in [3.05, 3.63) is 52.3 Å². The van der Waals surface area contributed by atoms with E-state index in [1.54, 1.807) is 10.7 Å². The molecule has 0 unspecified atom stereocenters. The quantitative estimate of drug-likeness (QED) is 0.349. The van der Waals surface area contributed by atoms with Gasteiger partial charge in [-0.15, -0.1) is 0 Å². The molecule has 3 aromatic heterocycles. The van der Waals surface area contributed by atoms with Crippen molar-refractivity contribution in [1.82, 2.24) is 24.3 Å². The topological polar surface area (TPSA) is 86.9 Å². The molecule has 0 aliphatic carbocycles. The number of aryl methyl sites for hydroxylation is 4. The van der Waals surface area contributed by atoms with E-state index in [2.05, 4.69) is 54.8 Å². The summed E-state index contributed by atoms with van der Waals surface area (Å²) in [6.07, 6.45) is 1.88. The lowest BCUT2D eigenvalue weighted by Crippen LogP contribution is -2.18. The van der Waals surface area contributed by atoms with Crippen molar-refractivity contribution in [2.45, 2.75) is 66.8 Å². The van der Waals surface area contributed by atoms with Gasteiger partial charge in [0.05, 0.1) is 34.6 Å². The summed E-state index contributed by atoms with van der Waals surface area (Å²) in [5.74, 6) is 1.81. The zero-order chi connectivity index (χ0) is 26.4. The Morgan fingerprint density at radius 3 is 2.65 bits per heavy atom. The molecule has 8 nitrogen and oxygen atoms in total. The highest BCUT2D eigenvalue weighted by molar-refractivity contribution is 6.05. The molecule has 1 aliphatic heterocycles. The van der Waals surface area contributed by atoms with Crippen molar-refractivity contribution in [2.75, 3.05) is 11.9 Å². The van der Waals surface area contributed by atoms with Gasteiger partial charge >= 0.3 is 0 Å². The van der Waals surface area contributed by atoms with Crippen LogP contribution >= 0.6 is 0 Å². The summed E-state index contributed by atoms with van der Waals surface area (Å²) in [5.41, 5.74) is 7.98. The zero-order valence-corrected chi connectivity index (χ0v) is 22.8. The highest BCUT2D eigenvalue weighted by Gasteiger charge is 2.23. The maximum Gasteiger partial charge on any atom is 0.258 e. The van der Waals surface area contributed by atoms with E-state index in [0.717, 1.165) is 52.9 Å². The molecule has 1 N–H and O–H groups in total. The molecule has 1 amide bonds. The van der Waals surface area contributed by atoms with Crippen LogP contribution in [0.3, 0.4) is 0 Å². The Labute approximate surface area is 218 Å². The van der Waals surface area contributed by atoms with Crippen LogP contribution in [0, 0.1) is 26.7 Å². The summed E-state index contributed by atoms with van der Waals surface area (Å²) in [5, 5.41) is 7.70. The summed E-state index contributed by atoms with van der Waals surface area (Å²) >= 11 is 0. The molecule has 0 spiro atoms. The van der Waals surface area contributed by atoms with Crippen molar-refractivity contribution >= 4 is 22.9 Å². The number of rotatable bonds is 1. The Morgan fingerprint density at radius 2 is 1.89 bits per heavy atom. The van der Waals surface area contributed by atoms with E-state index in [4.69, 9.17) is 14.7 Å². The number of imidazole rings is 1. The number of carbonyl (C=O) groups excluding carboxylic acids is 1. The first-order chi connectivity index (χ1) is 17.6. The zero-order valence-electron chi connectivity index (χ0n) is 22.8. The van der Waals surface area contributed by atoms with E-state index in [1.807, 2.05) is 27.0 Å². The van der Waals surface area contributed by atoms with Gasteiger partial charge in [0, 0.05) is 24.8 Å². The average Bonchev–Trinajstić information content (AvgIpc) is 3.31. The fourth-order valence-corrected chi connectivity index (χ4v) is 5.24. The van der Waals surface area contributed by atoms with Crippen molar-refractivity contribution in [3.63, 3.8) is 0 Å². The predicted molar refractivity (Wildman–Crippen MR) is 146 cm³/mol. The molecule has 4 aromatic rings. The minimum absolute atomic E-state index is 0.212. The van der Waals surface area contributed by atoms with Crippen LogP contribution in [0.2, 0.25) is 0 Å². The highest BCUT2D eigenvalue weighted by atomic mass is 16.5. The Kier molecular flexibility index (Phi) is 6.52. The molecular weight excluding hydrogens is 464 g/mol. The third-order valence-electron chi connectivity index (χ3n) is 7.17. The number of nitrogens with one attached hydrogen (secondary N) is 1. The Hall–Kier alpha value is -3.68. The van der Waals surface area contributed by atoms with Crippen LogP contribution < -0.4 is 10.1 Å². The molecule has 5 rings (SSSR count). The van der Waals surface area contributed by atoms with E-state index in [0.29, 0.717) is 41.5 Å². The monoisotopic (exact) mass is 500 g/mol. The van der Waals surface area contributed by atoms with Gasteiger partial charge in [-0.3, -0.25) is 15.1 Å². The number of aromatic nitrogens is 5. The van der Waals surface area contributed by atoms with Crippen molar-refractivity contribution in [1.29, 1.82) is 0 Å². The van der Waals surface area contributed by atoms with Gasteiger partial charge in [-0.25, -0.2) is 9.67 Å². The van der Waals surface area contributed by atoms with Crippen LogP contribution in [0.4, 0.5) is 5.95 Å². The van der Waals surface area contributed by atoms with Crippen LogP contribution in [0.25, 0.3) is 22.3 Å². The molecule has 0 saturated heterocycles. The predicted octanol–water partition coefficient (Wildman–Crippen LogP) is 5.94. The number of nitrogens with zero attached hydrogens (tertiary/aromatic N) is 5. The second kappa shape index (κ2) is 9.65. The number of amides is 1. The summed E-state index contributed by atoms with van der Waals surface area (Å²) in [6, 6.07) is 8.05. The highest BCUT2D eigenvalue weighted by Crippen LogP contribution is 2.34. The minimum Gasteiger partial charge on any atom is -0.477 e. The Balaban J connectivity index is 1.66. The van der Waals surface area contributed by atoms with E-state index < -0.39 is 0 Å². The second-order valence-electron chi connectivity index (χ2n) is 10.7. The Bertz CT molecular complexity index is 1500. The average molecular weight is 501 g/mol. The van der Waals surface area contributed by atoms with Gasteiger partial charge in [0.2, 0.25) is 11.8 Å². The van der Waals surface area contributed by atoms with Crippen LogP contribution in [0.15, 0.2) is 24.3 Å². The standard InChI is InChI=1S/C29H36N6O2/c1-16(2)21-11-18(4)26-24(14-21)35-15-17(3)9-8-10-37-28-25(20(6)33-34(28)7)23-13-22(12-19(5)30-23)27(36)32-29(35)31-26/h11-14,16-17H,8-10,15H2,1-7H3,(H,31,32,36)/t17-/m1/s1. The summed E-state index contributed by atoms with van der Waals surface area (Å²) in [6.45, 7) is 13.9. The van der Waals surface area contributed by atoms with Gasteiger partial charge in [-0.05, 0) is 74.8 Å². The van der Waals surface area contributed by atoms with E-state index in [-0.39, 0.29) is 5.91 Å². The molecule has 37 heavy (non-hydrogen) atoms. The summed E-state index contributed by atoms with van der Waals surface area (Å²) < 4.78 is 10.2. The molecule has 2 bridgehead atoms. The molecule has 1 atom stereocenters. The van der Waals surface area contributed by atoms with E-state index >= 15 is 0 Å². The second-order valence-corrected chi connectivity index (χ2v) is 10.7. The maximum absolute atomic E-state index is 13.6. The van der Waals surface area contributed by atoms with Crippen LogP contribution in [-0.2, 0) is 13.6 Å². The first kappa shape index (κ1) is 25.0. The molecule has 194 valence electrons. The van der Waals surface area contributed by atoms with Crippen LogP contribution in [-0.4, -0.2) is 36.8 Å². The van der Waals surface area contributed by atoms with Crippen LogP contribution in [0.5, 0.6) is 5.88 Å². The summed E-state index contributed by atoms with van der Waals surface area (Å²) in [7, 11) is 1.88. The lowest BCUT2D eigenvalue weighted by Gasteiger charge is -2.17. The third-order valence-corrected chi connectivity index (χ3v) is 7.17. The van der Waals surface area contributed by atoms with Gasteiger partial charge in [0.25, 0.3) is 5.91 Å². The minimum atomic E-state index is -0.212. The molecule has 0 fully saturated rings. The Morgan fingerprint density at radius 1 is 1.11 bits per heavy atom. The molecule has 1 aliphatic rings. The lowest BCUT2D eigenvalue weighted by atomic mass is 10.00. The number of benzene rings is 1. The van der Waals surface area contributed by atoms with Crippen molar-refractivity contribution in [3.8, 4) is 17.1 Å². The van der Waals surface area contributed by atoms with Gasteiger partial charge in [-0.2, -0.15) is 5.10 Å². The van der Waals surface area contributed by atoms with Gasteiger partial charge in [-0.1, -0.05) is 26.8 Å². The SMILES string of the molecule is Cc1cc2cc(n1)-c1c(C)nn(C)c1OCCC[C@@H](C)Cn1c(nc3c(C)cc(C(C)C)cc31)NC2=O. The maximum atomic E-state index is 13.6. The number of anilines is 1. The van der Waals surface area contributed by atoms with E-state index in [9.17, 15) is 4.79 Å². The first-order valence-electron chi connectivity index (χ1n) is 13.1. The largest absolute Gasteiger partial charge is 0.477 e. The van der Waals surface area contributed by atoms with Crippen molar-refractivity contribution in [2.24, 2.45) is 13.0 Å². The number of carbonyl (C=O) groups is 1. The van der Waals surface area contributed by atoms with Gasteiger partial charge < -0.3 is 9.30 Å². The number of hydrogen-bond acceptors (Lipinski definition) is 5. The van der Waals surface area contributed by atoms with Gasteiger partial charge in [0.15, 0.2) is 0 Å². The molecule has 4 heterocycles. The fraction of sp³-hybridized carbons (Fsp3) is 0.448. The third kappa shape index (κ3) is 4.72. The number of fused-ring (bicyclic) bond motifs is 7. The molecule has 1 aromatic carbocycles. The van der Waals surface area contributed by atoms with Gasteiger partial charge in [0.1, 0.15) is 0 Å². The van der Waals surface area contributed by atoms with Crippen LogP contribution in [0.1, 0.15) is 72.4 Å². The molecule has 0 radical (unpaired) electrons. The normalized spacial score (nSPS) is 16.5. The number of pyridine rings is 1.